The second kappa shape index (κ2) is 7.60. The monoisotopic (exact) mass is 352 g/mol. The lowest BCUT2D eigenvalue weighted by molar-refractivity contribution is -0.128. The fourth-order valence-electron chi connectivity index (χ4n) is 3.24. The van der Waals surface area contributed by atoms with Gasteiger partial charge in [-0.25, -0.2) is 0 Å². The minimum atomic E-state index is -0.318. The fourth-order valence-corrected chi connectivity index (χ4v) is 3.24. The highest BCUT2D eigenvalue weighted by molar-refractivity contribution is 5.97. The maximum Gasteiger partial charge on any atom is 0.229 e. The van der Waals surface area contributed by atoms with Crippen LogP contribution in [0.2, 0.25) is 0 Å². The highest BCUT2D eigenvalue weighted by Crippen LogP contribution is 2.24. The molecule has 3 rings (SSSR count). The molecule has 0 spiro atoms. The van der Waals surface area contributed by atoms with Gasteiger partial charge in [0.2, 0.25) is 11.8 Å². The van der Waals surface area contributed by atoms with Crippen molar-refractivity contribution < 1.29 is 14.3 Å². The lowest BCUT2D eigenvalue weighted by Gasteiger charge is -2.17. The largest absolute Gasteiger partial charge is 0.497 e. The van der Waals surface area contributed by atoms with E-state index < -0.39 is 0 Å². The molecular weight excluding hydrogens is 328 g/mol. The number of carbonyl (C=O) groups excluding carboxylic acids is 2. The Morgan fingerprint density at radius 3 is 2.58 bits per heavy atom. The van der Waals surface area contributed by atoms with Crippen LogP contribution in [0.3, 0.4) is 0 Å². The zero-order chi connectivity index (χ0) is 18.7. The summed E-state index contributed by atoms with van der Waals surface area (Å²) in [7, 11) is 1.62. The molecule has 2 aromatic rings. The molecule has 1 aliphatic heterocycles. The third-order valence-corrected chi connectivity index (χ3v) is 4.76. The Kier molecular flexibility index (Phi) is 5.26. The second-order valence-corrected chi connectivity index (χ2v) is 6.83. The molecule has 1 fully saturated rings. The van der Waals surface area contributed by atoms with E-state index in [-0.39, 0.29) is 24.2 Å². The standard InChI is InChI=1S/C21H24N2O3/c1-14-4-9-19(15(2)10-14)22-21(25)17-11-20(24)23(13-17)12-16-5-7-18(26-3)8-6-16/h4-10,17H,11-13H2,1-3H3,(H,22,25)/t17-/m1/s1. The van der Waals surface area contributed by atoms with Crippen molar-refractivity contribution in [3.8, 4) is 5.75 Å². The Bertz CT molecular complexity index is 815. The molecule has 26 heavy (non-hydrogen) atoms. The van der Waals surface area contributed by atoms with Crippen LogP contribution < -0.4 is 10.1 Å². The predicted molar refractivity (Wildman–Crippen MR) is 101 cm³/mol. The van der Waals surface area contributed by atoms with Crippen LogP contribution in [-0.4, -0.2) is 30.4 Å². The Morgan fingerprint density at radius 1 is 1.19 bits per heavy atom. The number of hydrogen-bond acceptors (Lipinski definition) is 3. The highest BCUT2D eigenvalue weighted by atomic mass is 16.5. The molecule has 1 atom stereocenters. The maximum absolute atomic E-state index is 12.6. The van der Waals surface area contributed by atoms with Crippen molar-refractivity contribution in [3.05, 3.63) is 59.2 Å². The molecule has 1 heterocycles. The number of methoxy groups -OCH3 is 1. The first kappa shape index (κ1) is 18.0. The van der Waals surface area contributed by atoms with E-state index in [1.807, 2.05) is 56.3 Å². The molecule has 1 N–H and O–H groups in total. The van der Waals surface area contributed by atoms with Gasteiger partial charge in [0.05, 0.1) is 13.0 Å². The van der Waals surface area contributed by atoms with E-state index in [2.05, 4.69) is 5.32 Å². The molecule has 2 aromatic carbocycles. The number of ether oxygens (including phenoxy) is 1. The van der Waals surface area contributed by atoms with Crippen LogP contribution in [0.4, 0.5) is 5.69 Å². The Labute approximate surface area is 154 Å². The van der Waals surface area contributed by atoms with Gasteiger partial charge in [0.1, 0.15) is 5.75 Å². The lowest BCUT2D eigenvalue weighted by Crippen LogP contribution is -2.28. The summed E-state index contributed by atoms with van der Waals surface area (Å²) in [5.41, 5.74) is 4.01. The third-order valence-electron chi connectivity index (χ3n) is 4.76. The Hall–Kier alpha value is -2.82. The van der Waals surface area contributed by atoms with Crippen LogP contribution in [-0.2, 0) is 16.1 Å². The second-order valence-electron chi connectivity index (χ2n) is 6.83. The van der Waals surface area contributed by atoms with Gasteiger partial charge in [-0.1, -0.05) is 29.8 Å². The molecule has 5 nitrogen and oxygen atoms in total. The van der Waals surface area contributed by atoms with Crippen LogP contribution in [0.5, 0.6) is 5.75 Å². The van der Waals surface area contributed by atoms with Crippen molar-refractivity contribution in [1.29, 1.82) is 0 Å². The van der Waals surface area contributed by atoms with Crippen molar-refractivity contribution in [3.63, 3.8) is 0 Å². The van der Waals surface area contributed by atoms with Gasteiger partial charge in [0.15, 0.2) is 0 Å². The first-order valence-corrected chi connectivity index (χ1v) is 8.75. The number of aryl methyl sites for hydroxylation is 2. The first-order chi connectivity index (χ1) is 12.5. The van der Waals surface area contributed by atoms with Gasteiger partial charge < -0.3 is 15.0 Å². The molecule has 0 radical (unpaired) electrons. The maximum atomic E-state index is 12.6. The number of benzene rings is 2. The number of hydrogen-bond donors (Lipinski definition) is 1. The molecule has 0 saturated carbocycles. The number of anilines is 1. The fraction of sp³-hybridized carbons (Fsp3) is 0.333. The van der Waals surface area contributed by atoms with Crippen LogP contribution in [0.25, 0.3) is 0 Å². The van der Waals surface area contributed by atoms with Gasteiger partial charge in [-0.05, 0) is 43.2 Å². The summed E-state index contributed by atoms with van der Waals surface area (Å²) in [6, 6.07) is 13.5. The number of likely N-dealkylation sites (tertiary alicyclic amines) is 1. The van der Waals surface area contributed by atoms with Crippen LogP contribution in [0, 0.1) is 19.8 Å². The Balaban J connectivity index is 1.61. The van der Waals surface area contributed by atoms with E-state index in [0.29, 0.717) is 13.1 Å². The lowest BCUT2D eigenvalue weighted by atomic mass is 10.1. The van der Waals surface area contributed by atoms with Crippen molar-refractivity contribution in [2.24, 2.45) is 5.92 Å². The van der Waals surface area contributed by atoms with E-state index >= 15 is 0 Å². The molecule has 1 saturated heterocycles. The smallest absolute Gasteiger partial charge is 0.229 e. The van der Waals surface area contributed by atoms with Gasteiger partial charge in [-0.3, -0.25) is 9.59 Å². The van der Waals surface area contributed by atoms with Crippen LogP contribution in [0.1, 0.15) is 23.1 Å². The highest BCUT2D eigenvalue weighted by Gasteiger charge is 2.34. The average molecular weight is 352 g/mol. The molecule has 136 valence electrons. The van der Waals surface area contributed by atoms with Gasteiger partial charge >= 0.3 is 0 Å². The van der Waals surface area contributed by atoms with E-state index in [0.717, 1.165) is 28.1 Å². The van der Waals surface area contributed by atoms with Crippen LogP contribution >= 0.6 is 0 Å². The summed E-state index contributed by atoms with van der Waals surface area (Å²) < 4.78 is 5.15. The normalized spacial score (nSPS) is 16.7. The van der Waals surface area contributed by atoms with Crippen molar-refractivity contribution in [1.82, 2.24) is 4.90 Å². The first-order valence-electron chi connectivity index (χ1n) is 8.75. The molecule has 0 aliphatic carbocycles. The summed E-state index contributed by atoms with van der Waals surface area (Å²) in [6.07, 6.45) is 0.257. The van der Waals surface area contributed by atoms with Crippen LogP contribution in [0.15, 0.2) is 42.5 Å². The average Bonchev–Trinajstić information content (AvgIpc) is 2.99. The summed E-state index contributed by atoms with van der Waals surface area (Å²) in [5.74, 6) is 0.387. The number of amides is 2. The molecule has 0 unspecified atom stereocenters. The third kappa shape index (κ3) is 4.04. The molecular formula is C21H24N2O3. The molecule has 0 aromatic heterocycles. The quantitative estimate of drug-likeness (QED) is 0.898. The molecule has 1 aliphatic rings. The summed E-state index contributed by atoms with van der Waals surface area (Å²) in [4.78, 5) is 26.6. The van der Waals surface area contributed by atoms with E-state index in [1.165, 1.54) is 0 Å². The van der Waals surface area contributed by atoms with E-state index in [4.69, 9.17) is 4.74 Å². The number of carbonyl (C=O) groups is 2. The van der Waals surface area contributed by atoms with E-state index in [1.54, 1.807) is 12.0 Å². The summed E-state index contributed by atoms with van der Waals surface area (Å²) in [5, 5.41) is 2.97. The minimum Gasteiger partial charge on any atom is -0.497 e. The van der Waals surface area contributed by atoms with Gasteiger partial charge in [-0.15, -0.1) is 0 Å². The Morgan fingerprint density at radius 2 is 1.92 bits per heavy atom. The minimum absolute atomic E-state index is 0.0154. The van der Waals surface area contributed by atoms with Crippen molar-refractivity contribution >= 4 is 17.5 Å². The van der Waals surface area contributed by atoms with Gasteiger partial charge in [-0.2, -0.15) is 0 Å². The van der Waals surface area contributed by atoms with Crippen molar-refractivity contribution in [2.45, 2.75) is 26.8 Å². The zero-order valence-electron chi connectivity index (χ0n) is 15.4. The van der Waals surface area contributed by atoms with Gasteiger partial charge in [0, 0.05) is 25.2 Å². The SMILES string of the molecule is COc1ccc(CN2C[C@H](C(=O)Nc3ccc(C)cc3C)CC2=O)cc1. The number of nitrogens with one attached hydrogen (secondary N) is 1. The zero-order valence-corrected chi connectivity index (χ0v) is 15.4. The predicted octanol–water partition coefficient (Wildman–Crippen LogP) is 3.30. The number of nitrogens with zero attached hydrogens (tertiary/aromatic N) is 1. The summed E-state index contributed by atoms with van der Waals surface area (Å²) >= 11 is 0. The topological polar surface area (TPSA) is 58.6 Å². The van der Waals surface area contributed by atoms with Crippen molar-refractivity contribution in [2.75, 3.05) is 19.0 Å². The molecule has 0 bridgehead atoms. The molecule has 5 heteroatoms. The van der Waals surface area contributed by atoms with Gasteiger partial charge in [0.25, 0.3) is 0 Å². The van der Waals surface area contributed by atoms with E-state index in [9.17, 15) is 9.59 Å². The number of rotatable bonds is 5. The summed E-state index contributed by atoms with van der Waals surface area (Å²) in [6.45, 7) is 4.95. The molecule has 2 amide bonds.